The molecule has 0 N–H and O–H groups in total. The van der Waals surface area contributed by atoms with Crippen LogP contribution in [0.2, 0.25) is 0 Å². The van der Waals surface area contributed by atoms with E-state index in [9.17, 15) is 0 Å². The molecule has 0 aromatic heterocycles. The predicted molar refractivity (Wildman–Crippen MR) is 95.7 cm³/mol. The average Bonchev–Trinajstić information content (AvgIpc) is 2.58. The minimum Gasteiger partial charge on any atom is -0.455 e. The third-order valence-corrected chi connectivity index (χ3v) is 4.42. The lowest BCUT2D eigenvalue weighted by Gasteiger charge is -2.13. The number of rotatable bonds is 2. The van der Waals surface area contributed by atoms with Crippen LogP contribution in [0.4, 0.5) is 0 Å². The molecule has 1 nitrogen and oxygen atoms in total. The first kappa shape index (κ1) is 13.4. The highest BCUT2D eigenvalue weighted by atomic mass is 79.9. The normalized spacial score (nSPS) is 11.0. The van der Waals surface area contributed by atoms with Gasteiger partial charge in [-0.25, -0.2) is 0 Å². The Labute approximate surface area is 137 Å². The fourth-order valence-electron chi connectivity index (χ4n) is 2.71. The molecule has 4 rings (SSSR count). The Balaban J connectivity index is 1.91. The standard InChI is InChI=1S/C20H13BrO/c21-18-13-12-15-7-2-4-10-17(15)20(18)22-19-11-5-8-14-6-1-3-9-16(14)19/h1-13H. The van der Waals surface area contributed by atoms with E-state index >= 15 is 0 Å². The number of hydrogen-bond donors (Lipinski definition) is 0. The summed E-state index contributed by atoms with van der Waals surface area (Å²) in [5, 5.41) is 4.56. The maximum absolute atomic E-state index is 6.29. The highest BCUT2D eigenvalue weighted by Gasteiger charge is 2.10. The summed E-state index contributed by atoms with van der Waals surface area (Å²) in [4.78, 5) is 0. The van der Waals surface area contributed by atoms with Gasteiger partial charge in [-0.05, 0) is 38.8 Å². The lowest BCUT2D eigenvalue weighted by atomic mass is 10.1. The lowest BCUT2D eigenvalue weighted by molar-refractivity contribution is 0.491. The summed E-state index contributed by atoms with van der Waals surface area (Å²) in [5.74, 6) is 1.73. The van der Waals surface area contributed by atoms with Gasteiger partial charge in [0.1, 0.15) is 11.5 Å². The largest absolute Gasteiger partial charge is 0.455 e. The zero-order valence-corrected chi connectivity index (χ0v) is 13.4. The van der Waals surface area contributed by atoms with Crippen molar-refractivity contribution in [1.82, 2.24) is 0 Å². The average molecular weight is 349 g/mol. The Bertz CT molecular complexity index is 970. The van der Waals surface area contributed by atoms with Gasteiger partial charge in [-0.15, -0.1) is 0 Å². The number of fused-ring (bicyclic) bond motifs is 2. The van der Waals surface area contributed by atoms with Gasteiger partial charge in [0, 0.05) is 10.8 Å². The van der Waals surface area contributed by atoms with Crippen molar-refractivity contribution in [2.45, 2.75) is 0 Å². The van der Waals surface area contributed by atoms with Gasteiger partial charge >= 0.3 is 0 Å². The van der Waals surface area contributed by atoms with Crippen molar-refractivity contribution in [1.29, 1.82) is 0 Å². The van der Waals surface area contributed by atoms with Crippen LogP contribution >= 0.6 is 15.9 Å². The first-order valence-corrected chi connectivity index (χ1v) is 7.95. The van der Waals surface area contributed by atoms with Crippen molar-refractivity contribution in [2.24, 2.45) is 0 Å². The second-order valence-electron chi connectivity index (χ2n) is 5.18. The fraction of sp³-hybridized carbons (Fsp3) is 0. The molecule has 0 amide bonds. The Morgan fingerprint density at radius 2 is 1.23 bits per heavy atom. The molecule has 0 radical (unpaired) electrons. The Kier molecular flexibility index (Phi) is 3.32. The first-order chi connectivity index (χ1) is 10.8. The van der Waals surface area contributed by atoms with Gasteiger partial charge < -0.3 is 4.74 Å². The van der Waals surface area contributed by atoms with E-state index in [0.717, 1.165) is 26.7 Å². The van der Waals surface area contributed by atoms with E-state index in [1.807, 2.05) is 42.5 Å². The summed E-state index contributed by atoms with van der Waals surface area (Å²) in [5.41, 5.74) is 0. The van der Waals surface area contributed by atoms with Crippen LogP contribution in [0.15, 0.2) is 83.3 Å². The van der Waals surface area contributed by atoms with E-state index in [1.165, 1.54) is 10.8 Å². The molecular weight excluding hydrogens is 336 g/mol. The maximum Gasteiger partial charge on any atom is 0.149 e. The van der Waals surface area contributed by atoms with Crippen molar-refractivity contribution < 1.29 is 4.74 Å². The van der Waals surface area contributed by atoms with Gasteiger partial charge in [-0.3, -0.25) is 0 Å². The molecule has 22 heavy (non-hydrogen) atoms. The van der Waals surface area contributed by atoms with E-state index in [0.29, 0.717) is 0 Å². The Morgan fingerprint density at radius 3 is 2.05 bits per heavy atom. The van der Waals surface area contributed by atoms with Crippen LogP contribution < -0.4 is 4.74 Å². The zero-order valence-electron chi connectivity index (χ0n) is 11.8. The second kappa shape index (κ2) is 5.47. The van der Waals surface area contributed by atoms with Crippen molar-refractivity contribution >= 4 is 37.5 Å². The van der Waals surface area contributed by atoms with Crippen LogP contribution in [-0.4, -0.2) is 0 Å². The summed E-state index contributed by atoms with van der Waals surface area (Å²) in [6, 6.07) is 26.8. The molecule has 0 fully saturated rings. The molecule has 4 aromatic carbocycles. The van der Waals surface area contributed by atoms with Gasteiger partial charge in [0.25, 0.3) is 0 Å². The van der Waals surface area contributed by atoms with E-state index in [4.69, 9.17) is 4.74 Å². The smallest absolute Gasteiger partial charge is 0.149 e. The predicted octanol–water partition coefficient (Wildman–Crippen LogP) is 6.55. The maximum atomic E-state index is 6.29. The minimum atomic E-state index is 0.856. The van der Waals surface area contributed by atoms with Gasteiger partial charge in [-0.2, -0.15) is 0 Å². The summed E-state index contributed by atoms with van der Waals surface area (Å²) < 4.78 is 7.25. The molecule has 0 saturated heterocycles. The Hall–Kier alpha value is -2.32. The molecule has 0 heterocycles. The zero-order chi connectivity index (χ0) is 14.9. The minimum absolute atomic E-state index is 0.856. The number of halogens is 1. The van der Waals surface area contributed by atoms with Crippen LogP contribution in [0.25, 0.3) is 21.5 Å². The summed E-state index contributed by atoms with van der Waals surface area (Å²) in [6.07, 6.45) is 0. The van der Waals surface area contributed by atoms with Gasteiger partial charge in [-0.1, -0.05) is 66.7 Å². The third kappa shape index (κ3) is 2.26. The molecule has 0 bridgehead atoms. The van der Waals surface area contributed by atoms with Crippen molar-refractivity contribution in [3.63, 3.8) is 0 Å². The van der Waals surface area contributed by atoms with E-state index in [-0.39, 0.29) is 0 Å². The first-order valence-electron chi connectivity index (χ1n) is 7.16. The molecule has 106 valence electrons. The van der Waals surface area contributed by atoms with E-state index < -0.39 is 0 Å². The molecule has 0 unspecified atom stereocenters. The highest BCUT2D eigenvalue weighted by molar-refractivity contribution is 9.10. The number of benzene rings is 4. The molecule has 0 saturated carbocycles. The fourth-order valence-corrected chi connectivity index (χ4v) is 3.14. The van der Waals surface area contributed by atoms with Crippen LogP contribution in [0.5, 0.6) is 11.5 Å². The van der Waals surface area contributed by atoms with Crippen molar-refractivity contribution in [3.8, 4) is 11.5 Å². The van der Waals surface area contributed by atoms with E-state index in [2.05, 4.69) is 52.3 Å². The Morgan fingerprint density at radius 1 is 0.591 bits per heavy atom. The molecular formula is C20H13BrO. The second-order valence-corrected chi connectivity index (χ2v) is 6.03. The van der Waals surface area contributed by atoms with Crippen LogP contribution in [-0.2, 0) is 0 Å². The quantitative estimate of drug-likeness (QED) is 0.399. The number of hydrogen-bond acceptors (Lipinski definition) is 1. The van der Waals surface area contributed by atoms with Crippen molar-refractivity contribution in [3.05, 3.63) is 83.3 Å². The van der Waals surface area contributed by atoms with E-state index in [1.54, 1.807) is 0 Å². The van der Waals surface area contributed by atoms with Crippen LogP contribution in [0, 0.1) is 0 Å². The molecule has 0 aliphatic carbocycles. The third-order valence-electron chi connectivity index (χ3n) is 3.79. The monoisotopic (exact) mass is 348 g/mol. The van der Waals surface area contributed by atoms with Gasteiger partial charge in [0.2, 0.25) is 0 Å². The number of ether oxygens (including phenoxy) is 1. The van der Waals surface area contributed by atoms with Crippen LogP contribution in [0.1, 0.15) is 0 Å². The summed E-state index contributed by atoms with van der Waals surface area (Å²) in [6.45, 7) is 0. The van der Waals surface area contributed by atoms with Crippen LogP contribution in [0.3, 0.4) is 0 Å². The molecule has 0 spiro atoms. The summed E-state index contributed by atoms with van der Waals surface area (Å²) in [7, 11) is 0. The topological polar surface area (TPSA) is 9.23 Å². The van der Waals surface area contributed by atoms with Gasteiger partial charge in [0.15, 0.2) is 0 Å². The molecule has 0 aliphatic heterocycles. The highest BCUT2D eigenvalue weighted by Crippen LogP contribution is 2.38. The molecule has 0 atom stereocenters. The van der Waals surface area contributed by atoms with Gasteiger partial charge in [0.05, 0.1) is 4.47 Å². The van der Waals surface area contributed by atoms with Crippen molar-refractivity contribution in [2.75, 3.05) is 0 Å². The summed E-state index contributed by atoms with van der Waals surface area (Å²) >= 11 is 3.61. The SMILES string of the molecule is Brc1ccc2ccccc2c1Oc1cccc2ccccc12. The lowest BCUT2D eigenvalue weighted by Crippen LogP contribution is -1.89. The molecule has 4 aromatic rings. The molecule has 0 aliphatic rings. The molecule has 2 heteroatoms.